The molecule has 0 aliphatic carbocycles. The lowest BCUT2D eigenvalue weighted by Crippen LogP contribution is -2.44. The summed E-state index contributed by atoms with van der Waals surface area (Å²) in [5.74, 6) is 2.52. The summed E-state index contributed by atoms with van der Waals surface area (Å²) in [5.41, 5.74) is 4.29. The van der Waals surface area contributed by atoms with Crippen LogP contribution in [0.3, 0.4) is 0 Å². The van der Waals surface area contributed by atoms with E-state index in [1.807, 2.05) is 24.9 Å². The molecule has 4 rings (SSSR count). The number of rotatable bonds is 8. The molecule has 0 radical (unpaired) electrons. The van der Waals surface area contributed by atoms with Gasteiger partial charge in [0.25, 0.3) is 0 Å². The van der Waals surface area contributed by atoms with Crippen LogP contribution in [0.1, 0.15) is 18.9 Å². The first-order valence-electron chi connectivity index (χ1n) is 11.2. The van der Waals surface area contributed by atoms with Crippen molar-refractivity contribution in [2.24, 2.45) is 0 Å². The smallest absolute Gasteiger partial charge is 0.229 e. The van der Waals surface area contributed by atoms with E-state index in [0.29, 0.717) is 5.95 Å². The summed E-state index contributed by atoms with van der Waals surface area (Å²) in [7, 11) is 2.18. The highest BCUT2D eigenvalue weighted by molar-refractivity contribution is 7.99. The molecule has 2 heterocycles. The second-order valence-corrected chi connectivity index (χ2v) is 9.36. The third-order valence-electron chi connectivity index (χ3n) is 5.53. The molecule has 0 spiro atoms. The molecular formula is C25H32N6S. The average molecular weight is 449 g/mol. The zero-order chi connectivity index (χ0) is 22.3. The second-order valence-electron chi connectivity index (χ2n) is 8.19. The number of benzene rings is 2. The summed E-state index contributed by atoms with van der Waals surface area (Å²) in [6.45, 7) is 8.57. The number of hydrogen-bond donors (Lipinski definition) is 2. The maximum Gasteiger partial charge on any atom is 0.229 e. The van der Waals surface area contributed by atoms with Crippen LogP contribution in [0.5, 0.6) is 0 Å². The van der Waals surface area contributed by atoms with Crippen LogP contribution in [-0.2, 0) is 0 Å². The number of likely N-dealkylation sites (N-methyl/N-ethyl adjacent to an activating group) is 1. The minimum Gasteiger partial charge on any atom is -0.369 e. The summed E-state index contributed by atoms with van der Waals surface area (Å²) in [4.78, 5) is 15.3. The lowest BCUT2D eigenvalue weighted by molar-refractivity contribution is 0.313. The predicted octanol–water partition coefficient (Wildman–Crippen LogP) is 5.53. The Morgan fingerprint density at radius 2 is 1.75 bits per heavy atom. The molecule has 0 saturated carbocycles. The van der Waals surface area contributed by atoms with Crippen LogP contribution in [0.15, 0.2) is 59.6 Å². The van der Waals surface area contributed by atoms with Gasteiger partial charge in [-0.3, -0.25) is 0 Å². The summed E-state index contributed by atoms with van der Waals surface area (Å²) in [5, 5.41) is 6.80. The standard InChI is InChI=1S/C25H32N6S/c1-4-16-32-23-7-5-6-21(17-23)27-24-19(2)18-26-25(29-24)28-20-8-10-22(11-9-20)31-14-12-30(3)13-15-31/h5-11,17-18H,4,12-16H2,1-3H3,(H2,26,27,28,29). The maximum atomic E-state index is 4.72. The van der Waals surface area contributed by atoms with E-state index in [0.717, 1.165) is 54.7 Å². The van der Waals surface area contributed by atoms with E-state index in [-0.39, 0.29) is 0 Å². The highest BCUT2D eigenvalue weighted by atomic mass is 32.2. The fraction of sp³-hybridized carbons (Fsp3) is 0.360. The number of thioether (sulfide) groups is 1. The van der Waals surface area contributed by atoms with Crippen molar-refractivity contribution in [2.75, 3.05) is 54.5 Å². The first-order chi connectivity index (χ1) is 15.6. The Morgan fingerprint density at radius 3 is 2.50 bits per heavy atom. The van der Waals surface area contributed by atoms with Gasteiger partial charge in [0.1, 0.15) is 5.82 Å². The quantitative estimate of drug-likeness (QED) is 0.440. The fourth-order valence-corrected chi connectivity index (χ4v) is 4.42. The maximum absolute atomic E-state index is 4.72. The van der Waals surface area contributed by atoms with Crippen molar-refractivity contribution in [3.8, 4) is 0 Å². The minimum absolute atomic E-state index is 0.585. The Labute approximate surface area is 195 Å². The number of aryl methyl sites for hydroxylation is 1. The largest absolute Gasteiger partial charge is 0.369 e. The zero-order valence-corrected chi connectivity index (χ0v) is 20.0. The van der Waals surface area contributed by atoms with Gasteiger partial charge in [0.15, 0.2) is 0 Å². The topological polar surface area (TPSA) is 56.3 Å². The second kappa shape index (κ2) is 10.7. The van der Waals surface area contributed by atoms with Crippen LogP contribution in [0, 0.1) is 6.92 Å². The molecule has 7 heteroatoms. The molecule has 2 aromatic carbocycles. The third-order valence-corrected chi connectivity index (χ3v) is 6.73. The Balaban J connectivity index is 1.42. The van der Waals surface area contributed by atoms with E-state index >= 15 is 0 Å². The summed E-state index contributed by atoms with van der Waals surface area (Å²) >= 11 is 1.87. The van der Waals surface area contributed by atoms with Crippen molar-refractivity contribution in [3.63, 3.8) is 0 Å². The van der Waals surface area contributed by atoms with Gasteiger partial charge < -0.3 is 20.4 Å². The number of hydrogen-bond acceptors (Lipinski definition) is 7. The number of aromatic nitrogens is 2. The predicted molar refractivity (Wildman–Crippen MR) is 137 cm³/mol. The van der Waals surface area contributed by atoms with Crippen LogP contribution >= 0.6 is 11.8 Å². The van der Waals surface area contributed by atoms with Gasteiger partial charge in [0.2, 0.25) is 5.95 Å². The minimum atomic E-state index is 0.585. The molecule has 1 saturated heterocycles. The normalized spacial score (nSPS) is 14.4. The van der Waals surface area contributed by atoms with Crippen molar-refractivity contribution in [2.45, 2.75) is 25.2 Å². The van der Waals surface area contributed by atoms with E-state index in [1.165, 1.54) is 17.0 Å². The highest BCUT2D eigenvalue weighted by Crippen LogP contribution is 2.26. The Kier molecular flexibility index (Phi) is 7.50. The van der Waals surface area contributed by atoms with Crippen LogP contribution in [0.4, 0.5) is 28.8 Å². The van der Waals surface area contributed by atoms with Crippen LogP contribution < -0.4 is 15.5 Å². The SMILES string of the molecule is CCCSc1cccc(Nc2nc(Nc3ccc(N4CCN(C)CC4)cc3)ncc2C)c1. The molecule has 2 N–H and O–H groups in total. The Hall–Kier alpha value is -2.77. The van der Waals surface area contributed by atoms with Crippen molar-refractivity contribution in [3.05, 3.63) is 60.3 Å². The van der Waals surface area contributed by atoms with Crippen molar-refractivity contribution in [1.29, 1.82) is 0 Å². The van der Waals surface area contributed by atoms with E-state index in [9.17, 15) is 0 Å². The van der Waals surface area contributed by atoms with E-state index in [1.54, 1.807) is 0 Å². The molecule has 168 valence electrons. The molecule has 3 aromatic rings. The van der Waals surface area contributed by atoms with E-state index < -0.39 is 0 Å². The summed E-state index contributed by atoms with van der Waals surface area (Å²) in [6, 6.07) is 17.0. The molecular weight excluding hydrogens is 416 g/mol. The number of anilines is 5. The lowest BCUT2D eigenvalue weighted by Gasteiger charge is -2.34. The van der Waals surface area contributed by atoms with Crippen molar-refractivity contribution >= 4 is 40.6 Å². The molecule has 1 aliphatic heterocycles. The van der Waals surface area contributed by atoms with Gasteiger partial charge in [-0.15, -0.1) is 11.8 Å². The molecule has 0 unspecified atom stereocenters. The van der Waals surface area contributed by atoms with Gasteiger partial charge in [-0.05, 0) is 68.6 Å². The highest BCUT2D eigenvalue weighted by Gasteiger charge is 2.14. The van der Waals surface area contributed by atoms with Gasteiger partial charge >= 0.3 is 0 Å². The summed E-state index contributed by atoms with van der Waals surface area (Å²) in [6.07, 6.45) is 3.02. The molecule has 1 aliphatic rings. The van der Waals surface area contributed by atoms with Gasteiger partial charge in [0.05, 0.1) is 0 Å². The average Bonchev–Trinajstić information content (AvgIpc) is 2.81. The number of piperazine rings is 1. The molecule has 1 aromatic heterocycles. The number of nitrogens with zero attached hydrogens (tertiary/aromatic N) is 4. The lowest BCUT2D eigenvalue weighted by atomic mass is 10.2. The molecule has 32 heavy (non-hydrogen) atoms. The molecule has 0 amide bonds. The van der Waals surface area contributed by atoms with E-state index in [2.05, 4.69) is 87.9 Å². The van der Waals surface area contributed by atoms with Gasteiger partial charge in [-0.1, -0.05) is 13.0 Å². The first-order valence-corrected chi connectivity index (χ1v) is 12.2. The van der Waals surface area contributed by atoms with Crippen LogP contribution in [-0.4, -0.2) is 53.8 Å². The van der Waals surface area contributed by atoms with E-state index in [4.69, 9.17) is 4.98 Å². The molecule has 1 fully saturated rings. The molecule has 6 nitrogen and oxygen atoms in total. The van der Waals surface area contributed by atoms with Gasteiger partial charge in [0, 0.05) is 59.9 Å². The van der Waals surface area contributed by atoms with Crippen molar-refractivity contribution < 1.29 is 0 Å². The monoisotopic (exact) mass is 448 g/mol. The number of nitrogens with one attached hydrogen (secondary N) is 2. The van der Waals surface area contributed by atoms with Gasteiger partial charge in [-0.2, -0.15) is 4.98 Å². The van der Waals surface area contributed by atoms with Crippen LogP contribution in [0.2, 0.25) is 0 Å². The molecule has 0 atom stereocenters. The third kappa shape index (κ3) is 5.93. The molecule has 0 bridgehead atoms. The van der Waals surface area contributed by atoms with Crippen LogP contribution in [0.25, 0.3) is 0 Å². The van der Waals surface area contributed by atoms with Gasteiger partial charge in [-0.25, -0.2) is 4.98 Å². The fourth-order valence-electron chi connectivity index (χ4n) is 3.60. The zero-order valence-electron chi connectivity index (χ0n) is 19.1. The van der Waals surface area contributed by atoms with Crippen molar-refractivity contribution in [1.82, 2.24) is 14.9 Å². The Bertz CT molecular complexity index is 1020. The Morgan fingerprint density at radius 1 is 0.969 bits per heavy atom. The summed E-state index contributed by atoms with van der Waals surface area (Å²) < 4.78 is 0. The first kappa shape index (κ1) is 22.4.